The van der Waals surface area contributed by atoms with Crippen molar-refractivity contribution in [1.29, 1.82) is 0 Å². The van der Waals surface area contributed by atoms with Gasteiger partial charge in [0.1, 0.15) is 74.8 Å². The zero-order valence-corrected chi connectivity index (χ0v) is 55.7. The van der Waals surface area contributed by atoms with Crippen molar-refractivity contribution >= 4 is 29.8 Å². The quantitative estimate of drug-likeness (QED) is 0.0255. The average molecular weight is 1390 g/mol. The van der Waals surface area contributed by atoms with Crippen LogP contribution < -0.4 is 0 Å². The third-order valence-corrected chi connectivity index (χ3v) is 17.4. The lowest BCUT2D eigenvalue weighted by Gasteiger charge is -2.46. The lowest BCUT2D eigenvalue weighted by atomic mass is 9.83. The van der Waals surface area contributed by atoms with Crippen molar-refractivity contribution in [2.45, 2.75) is 119 Å². The summed E-state index contributed by atoms with van der Waals surface area (Å²) in [5.41, 5.74) is 3.54. The van der Waals surface area contributed by atoms with Crippen molar-refractivity contribution in [3.63, 3.8) is 0 Å². The van der Waals surface area contributed by atoms with Crippen molar-refractivity contribution in [2.24, 2.45) is 5.92 Å². The molecule has 0 amide bonds. The van der Waals surface area contributed by atoms with E-state index in [9.17, 15) is 34.5 Å². The third kappa shape index (κ3) is 20.6. The Morgan fingerprint density at radius 3 is 1.09 bits per heavy atom. The predicted molar refractivity (Wildman–Crippen MR) is 371 cm³/mol. The Kier molecular flexibility index (Phi) is 26.9. The maximum Gasteiger partial charge on any atom is 0.338 e. The zero-order chi connectivity index (χ0) is 70.8. The Balaban J connectivity index is 1.04. The maximum absolute atomic E-state index is 15.1. The molecule has 0 saturated carbocycles. The van der Waals surface area contributed by atoms with E-state index in [4.69, 9.17) is 56.8 Å². The molecule has 528 valence electrons. The van der Waals surface area contributed by atoms with Crippen LogP contribution in [0.2, 0.25) is 0 Å². The Morgan fingerprint density at radius 2 is 0.686 bits per heavy atom. The van der Waals surface area contributed by atoms with Crippen molar-refractivity contribution < 1.29 is 96.1 Å². The van der Waals surface area contributed by atoms with E-state index in [1.165, 1.54) is 36.4 Å². The minimum Gasteiger partial charge on any atom is -0.459 e. The molecule has 0 spiro atoms. The molecule has 2 saturated heterocycles. The number of rotatable bonds is 33. The topological polar surface area (TPSA) is 257 Å². The molecule has 14 atom stereocenters. The van der Waals surface area contributed by atoms with Gasteiger partial charge < -0.3 is 72.2 Å². The number of aliphatic hydroxyl groups is 3. The summed E-state index contributed by atoms with van der Waals surface area (Å²) in [5.74, 6) is -5.16. The fourth-order valence-electron chi connectivity index (χ4n) is 12.1. The number of esters is 5. The van der Waals surface area contributed by atoms with Crippen LogP contribution in [0.4, 0.5) is 0 Å². The first-order chi connectivity index (χ1) is 49.9. The van der Waals surface area contributed by atoms with E-state index in [-0.39, 0.29) is 67.1 Å². The van der Waals surface area contributed by atoms with Gasteiger partial charge in [-0.3, -0.25) is 0 Å². The number of ether oxygens (including phenoxy) is 12. The molecule has 102 heavy (non-hydrogen) atoms. The molecule has 0 radical (unpaired) electrons. The van der Waals surface area contributed by atoms with Gasteiger partial charge in [0.15, 0.2) is 18.7 Å². The monoisotopic (exact) mass is 1380 g/mol. The van der Waals surface area contributed by atoms with E-state index in [0.717, 1.165) is 16.7 Å². The number of carbonyl (C=O) groups excluding carboxylic acids is 5. The fourth-order valence-corrected chi connectivity index (χ4v) is 12.1. The SMILES string of the molecule is O=C(OCC1OC(OC(C(CCC2C(OCc3ccccc3)C(O)OC(COC(=O)c3ccccc3)C2OCc2ccccc2)OC(=O)c2ccccc2)C(O)[C@@H](COC(=O)c2ccccc2)OC(=O)c2ccccc2)C(OCc2ccccc2)C(O)C1OCc1ccccc1)c1ccccc1. The number of hydrogen-bond donors (Lipinski definition) is 3. The zero-order valence-electron chi connectivity index (χ0n) is 55.7. The first-order valence-corrected chi connectivity index (χ1v) is 33.7. The van der Waals surface area contributed by atoms with Gasteiger partial charge in [-0.1, -0.05) is 212 Å². The minimum absolute atomic E-state index is 0.0212. The lowest BCUT2D eigenvalue weighted by Crippen LogP contribution is -2.63. The molecular formula is C82H80O20. The van der Waals surface area contributed by atoms with Gasteiger partial charge in [-0.05, 0) is 95.8 Å². The second-order valence-electron chi connectivity index (χ2n) is 24.5. The molecule has 20 nitrogen and oxygen atoms in total. The van der Waals surface area contributed by atoms with Crippen LogP contribution in [0.3, 0.4) is 0 Å². The molecule has 2 aliphatic rings. The standard InChI is InChI=1S/C82H80O20/c83-69(66(99-80(89)63-44-26-9-27-45-63)52-95-76(85)59-36-18-5-19-37-59)74(102-82-75(94-51-58-34-16-4-17-35-58)70(84)73(93-50-57-32-14-3-15-33-57)68(101-82)54-97-78(87)61-40-22-7-23-41-61)65(98-79(88)62-42-24-8-25-43-62)47-46-64-71(91-48-55-28-10-1-11-29-55)67(53-96-77(86)60-38-20-6-21-39-60)100-81(90)72(64)92-49-56-30-12-2-13-31-56/h1-45,64-75,81-84,90H,46-54H2/t64?,65?,66-,67?,68?,69?,70?,71?,72?,73?,74?,75?,81?,82?/m1/s1. The second-order valence-corrected chi connectivity index (χ2v) is 24.5. The van der Waals surface area contributed by atoms with Crippen LogP contribution >= 0.6 is 0 Å². The highest BCUT2D eigenvalue weighted by atomic mass is 16.7. The molecule has 0 aromatic heterocycles. The van der Waals surface area contributed by atoms with E-state index in [1.54, 1.807) is 140 Å². The van der Waals surface area contributed by atoms with Gasteiger partial charge in [0.2, 0.25) is 0 Å². The number of carbonyl (C=O) groups is 5. The molecule has 9 aromatic rings. The van der Waals surface area contributed by atoms with Crippen molar-refractivity contribution in [3.05, 3.63) is 323 Å². The highest BCUT2D eigenvalue weighted by Crippen LogP contribution is 2.38. The van der Waals surface area contributed by atoms with Gasteiger partial charge in [0, 0.05) is 5.92 Å². The maximum atomic E-state index is 15.1. The largest absolute Gasteiger partial charge is 0.459 e. The summed E-state index contributed by atoms with van der Waals surface area (Å²) < 4.78 is 78.2. The van der Waals surface area contributed by atoms with Crippen LogP contribution in [-0.2, 0) is 83.3 Å². The average Bonchev–Trinajstić information content (AvgIpc) is 0.788. The Labute approximate surface area is 591 Å². The van der Waals surface area contributed by atoms with Gasteiger partial charge in [-0.25, -0.2) is 24.0 Å². The first kappa shape index (κ1) is 73.2. The molecule has 9 aromatic carbocycles. The van der Waals surface area contributed by atoms with Crippen molar-refractivity contribution in [3.8, 4) is 0 Å². The van der Waals surface area contributed by atoms with Gasteiger partial charge in [-0.15, -0.1) is 0 Å². The Bertz CT molecular complexity index is 4000. The minimum atomic E-state index is -2.20. The second kappa shape index (κ2) is 37.6. The molecule has 2 heterocycles. The lowest BCUT2D eigenvalue weighted by molar-refractivity contribution is -0.340. The molecule has 20 heteroatoms. The van der Waals surface area contributed by atoms with Crippen LogP contribution in [0, 0.1) is 5.92 Å². The highest BCUT2D eigenvalue weighted by molar-refractivity contribution is 5.91. The summed E-state index contributed by atoms with van der Waals surface area (Å²) in [6.45, 7) is -2.11. The fraction of sp³-hybridized carbons (Fsp3) is 0.280. The van der Waals surface area contributed by atoms with E-state index in [0.29, 0.717) is 5.56 Å². The van der Waals surface area contributed by atoms with Crippen LogP contribution in [0.15, 0.2) is 273 Å². The number of aliphatic hydroxyl groups excluding tert-OH is 3. The van der Waals surface area contributed by atoms with Crippen LogP contribution in [0.1, 0.15) is 86.9 Å². The molecule has 0 bridgehead atoms. The van der Waals surface area contributed by atoms with E-state index >= 15 is 4.79 Å². The van der Waals surface area contributed by atoms with Gasteiger partial charge in [0.25, 0.3) is 0 Å². The summed E-state index contributed by atoms with van der Waals surface area (Å²) in [7, 11) is 0. The van der Waals surface area contributed by atoms with Crippen LogP contribution in [0.25, 0.3) is 0 Å². The summed E-state index contributed by atoms with van der Waals surface area (Å²) >= 11 is 0. The molecule has 3 N–H and O–H groups in total. The molecular weight excluding hydrogens is 1300 g/mol. The van der Waals surface area contributed by atoms with Crippen molar-refractivity contribution in [1.82, 2.24) is 0 Å². The first-order valence-electron chi connectivity index (χ1n) is 33.7. The van der Waals surface area contributed by atoms with Gasteiger partial charge >= 0.3 is 29.8 Å². The van der Waals surface area contributed by atoms with Gasteiger partial charge in [-0.2, -0.15) is 0 Å². The van der Waals surface area contributed by atoms with Crippen molar-refractivity contribution in [2.75, 3.05) is 19.8 Å². The molecule has 2 aliphatic heterocycles. The number of hydrogen-bond acceptors (Lipinski definition) is 20. The normalized spacial score (nSPS) is 21.4. The van der Waals surface area contributed by atoms with E-state index in [1.807, 2.05) is 97.1 Å². The summed E-state index contributed by atoms with van der Waals surface area (Å²) in [4.78, 5) is 71.4. The summed E-state index contributed by atoms with van der Waals surface area (Å²) in [6.07, 6.45) is -21.4. The smallest absolute Gasteiger partial charge is 0.338 e. The number of benzene rings is 9. The molecule has 11 rings (SSSR count). The van der Waals surface area contributed by atoms with E-state index < -0.39 is 135 Å². The molecule has 13 unspecified atom stereocenters. The van der Waals surface area contributed by atoms with Gasteiger partial charge in [0.05, 0.1) is 60.3 Å². The third-order valence-electron chi connectivity index (χ3n) is 17.4. The highest BCUT2D eigenvalue weighted by Gasteiger charge is 2.53. The summed E-state index contributed by atoms with van der Waals surface area (Å²) in [6, 6.07) is 77.0. The Hall–Kier alpha value is -10.1. The Morgan fingerprint density at radius 1 is 0.363 bits per heavy atom. The van der Waals surface area contributed by atoms with Crippen LogP contribution in [-0.4, -0.2) is 145 Å². The molecule has 2 fully saturated rings. The summed E-state index contributed by atoms with van der Waals surface area (Å²) in [5, 5.41) is 39.1. The predicted octanol–water partition coefficient (Wildman–Crippen LogP) is 11.3. The van der Waals surface area contributed by atoms with E-state index in [2.05, 4.69) is 0 Å². The molecule has 0 aliphatic carbocycles. The van der Waals surface area contributed by atoms with Crippen LogP contribution in [0.5, 0.6) is 0 Å².